The van der Waals surface area contributed by atoms with Crippen LogP contribution in [0.1, 0.15) is 36.5 Å². The fourth-order valence-corrected chi connectivity index (χ4v) is 2.24. The smallest absolute Gasteiger partial charge is 0.340 e. The molecule has 1 N–H and O–H groups in total. The quantitative estimate of drug-likeness (QED) is 0.495. The lowest BCUT2D eigenvalue weighted by molar-refractivity contribution is -0.384. The van der Waals surface area contributed by atoms with Gasteiger partial charge >= 0.3 is 5.97 Å². The number of hydrogen-bond acceptors (Lipinski definition) is 5. The van der Waals surface area contributed by atoms with Crippen molar-refractivity contribution in [1.29, 1.82) is 0 Å². The Hall–Kier alpha value is -2.18. The maximum atomic E-state index is 13.7. The standard InChI is InChI=1S/C14H17FN2O4/c1-3-14(4-5-14)8-16-11-6-9(13(18)21-2)10(15)7-12(11)17(19)20/h6-7,16H,3-5,8H2,1-2H3. The first-order valence-electron chi connectivity index (χ1n) is 6.72. The fraction of sp³-hybridized carbons (Fsp3) is 0.500. The summed E-state index contributed by atoms with van der Waals surface area (Å²) < 4.78 is 18.2. The van der Waals surface area contributed by atoms with Gasteiger partial charge < -0.3 is 10.1 Å². The van der Waals surface area contributed by atoms with Crippen LogP contribution in [-0.4, -0.2) is 24.5 Å². The molecular formula is C14H17FN2O4. The molecule has 0 atom stereocenters. The van der Waals surface area contributed by atoms with Gasteiger partial charge in [0.2, 0.25) is 0 Å². The van der Waals surface area contributed by atoms with E-state index in [1.807, 2.05) is 0 Å². The molecule has 1 aromatic carbocycles. The molecular weight excluding hydrogens is 279 g/mol. The van der Waals surface area contributed by atoms with Crippen LogP contribution in [0, 0.1) is 21.3 Å². The van der Waals surface area contributed by atoms with Crippen LogP contribution in [0.2, 0.25) is 0 Å². The van der Waals surface area contributed by atoms with Crippen LogP contribution in [0.15, 0.2) is 12.1 Å². The summed E-state index contributed by atoms with van der Waals surface area (Å²) in [6.45, 7) is 2.63. The van der Waals surface area contributed by atoms with Crippen LogP contribution in [0.4, 0.5) is 15.8 Å². The van der Waals surface area contributed by atoms with Crippen molar-refractivity contribution < 1.29 is 18.8 Å². The van der Waals surface area contributed by atoms with Crippen molar-refractivity contribution in [3.05, 3.63) is 33.6 Å². The summed E-state index contributed by atoms with van der Waals surface area (Å²) in [5, 5.41) is 14.0. The van der Waals surface area contributed by atoms with Gasteiger partial charge in [-0.15, -0.1) is 0 Å². The van der Waals surface area contributed by atoms with E-state index in [1.54, 1.807) is 0 Å². The molecule has 0 amide bonds. The normalized spacial score (nSPS) is 15.4. The third kappa shape index (κ3) is 3.12. The molecule has 1 aliphatic carbocycles. The number of nitro groups is 1. The van der Waals surface area contributed by atoms with Gasteiger partial charge in [0.05, 0.1) is 23.7 Å². The molecule has 0 aromatic heterocycles. The molecule has 1 aliphatic rings. The van der Waals surface area contributed by atoms with Gasteiger partial charge in [0.25, 0.3) is 5.69 Å². The lowest BCUT2D eigenvalue weighted by Crippen LogP contribution is -2.16. The highest BCUT2D eigenvalue weighted by Gasteiger charge is 2.40. The second-order valence-corrected chi connectivity index (χ2v) is 5.31. The first kappa shape index (κ1) is 15.2. The van der Waals surface area contributed by atoms with Crippen molar-refractivity contribution in [2.75, 3.05) is 19.0 Å². The summed E-state index contributed by atoms with van der Waals surface area (Å²) in [6.07, 6.45) is 3.10. The predicted octanol–water partition coefficient (Wildman–Crippen LogP) is 3.12. The molecule has 0 saturated heterocycles. The van der Waals surface area contributed by atoms with Gasteiger partial charge in [-0.25, -0.2) is 9.18 Å². The minimum Gasteiger partial charge on any atom is -0.465 e. The van der Waals surface area contributed by atoms with E-state index in [2.05, 4.69) is 17.0 Å². The Bertz CT molecular complexity index is 585. The minimum atomic E-state index is -0.962. The van der Waals surface area contributed by atoms with Crippen LogP contribution in [0.3, 0.4) is 0 Å². The Labute approximate surface area is 121 Å². The molecule has 0 aliphatic heterocycles. The number of carbonyl (C=O) groups excluding carboxylic acids is 1. The fourth-order valence-electron chi connectivity index (χ4n) is 2.24. The zero-order valence-corrected chi connectivity index (χ0v) is 11.9. The van der Waals surface area contributed by atoms with E-state index in [0.29, 0.717) is 6.54 Å². The number of anilines is 1. The zero-order chi connectivity index (χ0) is 15.6. The number of nitrogens with one attached hydrogen (secondary N) is 1. The lowest BCUT2D eigenvalue weighted by Gasteiger charge is -2.15. The van der Waals surface area contributed by atoms with Gasteiger partial charge in [0.1, 0.15) is 11.5 Å². The highest BCUT2D eigenvalue weighted by Crippen LogP contribution is 2.48. The lowest BCUT2D eigenvalue weighted by atomic mass is 10.0. The second-order valence-electron chi connectivity index (χ2n) is 5.31. The molecule has 2 rings (SSSR count). The molecule has 1 fully saturated rings. The minimum absolute atomic E-state index is 0.140. The van der Waals surface area contributed by atoms with E-state index in [-0.39, 0.29) is 22.4 Å². The van der Waals surface area contributed by atoms with Gasteiger partial charge in [0.15, 0.2) is 0 Å². The maximum absolute atomic E-state index is 13.7. The summed E-state index contributed by atoms with van der Waals surface area (Å²) in [6, 6.07) is 1.89. The largest absolute Gasteiger partial charge is 0.465 e. The summed E-state index contributed by atoms with van der Waals surface area (Å²) >= 11 is 0. The first-order chi connectivity index (χ1) is 9.92. The third-order valence-corrected chi connectivity index (χ3v) is 4.05. The average molecular weight is 296 g/mol. The van der Waals surface area contributed by atoms with Crippen molar-refractivity contribution in [1.82, 2.24) is 0 Å². The van der Waals surface area contributed by atoms with Gasteiger partial charge in [-0.2, -0.15) is 0 Å². The number of methoxy groups -OCH3 is 1. The number of ether oxygens (including phenoxy) is 1. The Kier molecular flexibility index (Phi) is 4.11. The van der Waals surface area contributed by atoms with Crippen LogP contribution < -0.4 is 5.32 Å². The molecule has 21 heavy (non-hydrogen) atoms. The van der Waals surface area contributed by atoms with Crippen LogP contribution >= 0.6 is 0 Å². The van der Waals surface area contributed by atoms with Crippen molar-refractivity contribution in [2.45, 2.75) is 26.2 Å². The van der Waals surface area contributed by atoms with Crippen LogP contribution in [-0.2, 0) is 4.74 Å². The van der Waals surface area contributed by atoms with Crippen molar-refractivity contribution in [2.24, 2.45) is 5.41 Å². The summed E-state index contributed by atoms with van der Waals surface area (Å²) in [5.74, 6) is -1.82. The highest BCUT2D eigenvalue weighted by molar-refractivity contribution is 5.91. The Balaban J connectivity index is 2.31. The van der Waals surface area contributed by atoms with Gasteiger partial charge in [-0.1, -0.05) is 6.92 Å². The Morgan fingerprint density at radius 1 is 1.52 bits per heavy atom. The highest BCUT2D eigenvalue weighted by atomic mass is 19.1. The molecule has 7 heteroatoms. The summed E-state index contributed by atoms with van der Waals surface area (Å²) in [5.41, 5.74) is -0.395. The molecule has 0 unspecified atom stereocenters. The summed E-state index contributed by atoms with van der Waals surface area (Å²) in [4.78, 5) is 21.8. The number of benzene rings is 1. The van der Waals surface area contributed by atoms with E-state index in [4.69, 9.17) is 0 Å². The molecule has 0 radical (unpaired) electrons. The van der Waals surface area contributed by atoms with E-state index in [1.165, 1.54) is 0 Å². The number of nitrogens with zero attached hydrogens (tertiary/aromatic N) is 1. The second kappa shape index (κ2) is 5.67. The molecule has 0 spiro atoms. The van der Waals surface area contributed by atoms with E-state index in [9.17, 15) is 19.3 Å². The molecule has 114 valence electrons. The zero-order valence-electron chi connectivity index (χ0n) is 11.9. The number of hydrogen-bond donors (Lipinski definition) is 1. The van der Waals surface area contributed by atoms with Crippen molar-refractivity contribution in [3.8, 4) is 0 Å². The molecule has 6 nitrogen and oxygen atoms in total. The first-order valence-corrected chi connectivity index (χ1v) is 6.72. The Morgan fingerprint density at radius 2 is 2.19 bits per heavy atom. The maximum Gasteiger partial charge on any atom is 0.340 e. The van der Waals surface area contributed by atoms with E-state index < -0.39 is 16.7 Å². The van der Waals surface area contributed by atoms with Crippen molar-refractivity contribution in [3.63, 3.8) is 0 Å². The molecule has 0 bridgehead atoms. The number of carbonyl (C=O) groups is 1. The molecule has 0 heterocycles. The Morgan fingerprint density at radius 3 is 2.67 bits per heavy atom. The van der Waals surface area contributed by atoms with E-state index >= 15 is 0 Å². The van der Waals surface area contributed by atoms with Crippen LogP contribution in [0.25, 0.3) is 0 Å². The van der Waals surface area contributed by atoms with Crippen molar-refractivity contribution >= 4 is 17.3 Å². The monoisotopic (exact) mass is 296 g/mol. The average Bonchev–Trinajstić information content (AvgIpc) is 3.25. The van der Waals surface area contributed by atoms with Gasteiger partial charge in [0, 0.05) is 6.54 Å². The number of rotatable bonds is 6. The predicted molar refractivity (Wildman–Crippen MR) is 74.8 cm³/mol. The number of halogens is 1. The van der Waals surface area contributed by atoms with Gasteiger partial charge in [-0.05, 0) is 30.7 Å². The molecule has 1 saturated carbocycles. The van der Waals surface area contributed by atoms with Gasteiger partial charge in [-0.3, -0.25) is 10.1 Å². The van der Waals surface area contributed by atoms with E-state index in [0.717, 1.165) is 38.5 Å². The summed E-state index contributed by atoms with van der Waals surface area (Å²) in [7, 11) is 1.13. The number of esters is 1. The molecule has 1 aromatic rings. The third-order valence-electron chi connectivity index (χ3n) is 4.05. The number of nitro benzene ring substituents is 1. The topological polar surface area (TPSA) is 81.5 Å². The SMILES string of the molecule is CCC1(CNc2cc(C(=O)OC)c(F)cc2[N+](=O)[O-])CC1. The van der Waals surface area contributed by atoms with Crippen LogP contribution in [0.5, 0.6) is 0 Å².